The number of ketones is 1. The Morgan fingerprint density at radius 2 is 1.69 bits per heavy atom. The van der Waals surface area contributed by atoms with Crippen molar-refractivity contribution >= 4 is 5.78 Å². The predicted molar refractivity (Wildman–Crippen MR) is 66.3 cm³/mol. The third kappa shape index (κ3) is 1.92. The lowest BCUT2D eigenvalue weighted by molar-refractivity contribution is -0.133. The zero-order valence-corrected chi connectivity index (χ0v) is 11.5. The van der Waals surface area contributed by atoms with Gasteiger partial charge in [-0.15, -0.1) is 0 Å². The van der Waals surface area contributed by atoms with Gasteiger partial charge in [-0.25, -0.2) is 0 Å². The average molecular weight is 223 g/mol. The number of hydrogen-bond acceptors (Lipinski definition) is 2. The molecule has 0 amide bonds. The lowest BCUT2D eigenvalue weighted by atomic mass is 9.83. The monoisotopic (exact) mass is 223 g/mol. The van der Waals surface area contributed by atoms with Crippen molar-refractivity contribution in [3.05, 3.63) is 0 Å². The van der Waals surface area contributed by atoms with Crippen LogP contribution in [0.2, 0.25) is 0 Å². The van der Waals surface area contributed by atoms with Crippen LogP contribution >= 0.6 is 0 Å². The first-order chi connectivity index (χ1) is 7.12. The number of fused-ring (bicyclic) bond motifs is 1. The average Bonchev–Trinajstić information content (AvgIpc) is 2.73. The van der Waals surface area contributed by atoms with Crippen LogP contribution in [-0.4, -0.2) is 28.8 Å². The lowest BCUT2D eigenvalue weighted by Crippen LogP contribution is -2.52. The first kappa shape index (κ1) is 12.1. The van der Waals surface area contributed by atoms with Crippen molar-refractivity contribution in [1.29, 1.82) is 0 Å². The Kier molecular flexibility index (Phi) is 2.51. The predicted octanol–water partition coefficient (Wildman–Crippen LogP) is 2.72. The fourth-order valence-corrected chi connectivity index (χ4v) is 2.94. The van der Waals surface area contributed by atoms with Gasteiger partial charge in [0.25, 0.3) is 0 Å². The summed E-state index contributed by atoms with van der Waals surface area (Å²) in [4.78, 5) is 14.9. The molecule has 0 aromatic heterocycles. The number of carbonyl (C=O) groups excluding carboxylic acids is 1. The molecule has 0 radical (unpaired) electrons. The number of rotatable bonds is 1. The zero-order valence-electron chi connectivity index (χ0n) is 11.5. The van der Waals surface area contributed by atoms with Crippen LogP contribution in [0.15, 0.2) is 0 Å². The van der Waals surface area contributed by atoms with Gasteiger partial charge >= 0.3 is 0 Å². The molecule has 2 heteroatoms. The van der Waals surface area contributed by atoms with Crippen molar-refractivity contribution in [3.63, 3.8) is 0 Å². The van der Waals surface area contributed by atoms with Gasteiger partial charge in [-0.05, 0) is 39.0 Å². The highest BCUT2D eigenvalue weighted by atomic mass is 16.1. The molecule has 3 atom stereocenters. The molecule has 0 unspecified atom stereocenters. The van der Waals surface area contributed by atoms with Crippen molar-refractivity contribution in [2.75, 3.05) is 6.54 Å². The Morgan fingerprint density at radius 1 is 1.12 bits per heavy atom. The van der Waals surface area contributed by atoms with Gasteiger partial charge in [0, 0.05) is 17.5 Å². The Balaban J connectivity index is 2.21. The van der Waals surface area contributed by atoms with Gasteiger partial charge in [0.05, 0.1) is 6.04 Å². The number of hydrogen-bond donors (Lipinski definition) is 0. The van der Waals surface area contributed by atoms with Crippen molar-refractivity contribution in [2.24, 2.45) is 17.3 Å². The minimum Gasteiger partial charge on any atom is -0.297 e. The molecular weight excluding hydrogens is 198 g/mol. The molecule has 0 aromatic rings. The van der Waals surface area contributed by atoms with E-state index in [0.717, 1.165) is 12.5 Å². The molecule has 16 heavy (non-hydrogen) atoms. The summed E-state index contributed by atoms with van der Waals surface area (Å²) in [7, 11) is 0. The molecule has 1 saturated heterocycles. The lowest BCUT2D eigenvalue weighted by Gasteiger charge is -2.40. The topological polar surface area (TPSA) is 20.3 Å². The highest BCUT2D eigenvalue weighted by Crippen LogP contribution is 2.52. The summed E-state index contributed by atoms with van der Waals surface area (Å²) in [5.74, 6) is 1.90. The summed E-state index contributed by atoms with van der Waals surface area (Å²) in [6, 6.07) is 0.185. The summed E-state index contributed by atoms with van der Waals surface area (Å²) >= 11 is 0. The number of likely N-dealkylation sites (tertiary alicyclic amines) is 1. The summed E-state index contributed by atoms with van der Waals surface area (Å²) in [6.07, 6.45) is 1.28. The summed E-state index contributed by atoms with van der Waals surface area (Å²) in [6.45, 7) is 13.9. The summed E-state index contributed by atoms with van der Waals surface area (Å²) in [5, 5.41) is 0. The van der Waals surface area contributed by atoms with Gasteiger partial charge in [-0.2, -0.15) is 0 Å². The molecule has 2 nitrogen and oxygen atoms in total. The third-order valence-corrected chi connectivity index (χ3v) is 4.02. The molecule has 1 aliphatic heterocycles. The van der Waals surface area contributed by atoms with E-state index in [1.807, 2.05) is 20.8 Å². The van der Waals surface area contributed by atoms with E-state index in [-0.39, 0.29) is 17.0 Å². The molecule has 92 valence electrons. The van der Waals surface area contributed by atoms with Crippen LogP contribution in [0.1, 0.15) is 48.0 Å². The maximum absolute atomic E-state index is 12.5. The van der Waals surface area contributed by atoms with Crippen LogP contribution in [0, 0.1) is 17.3 Å². The Labute approximate surface area is 99.4 Å². The minimum absolute atomic E-state index is 0.124. The molecule has 1 aliphatic carbocycles. The van der Waals surface area contributed by atoms with Gasteiger partial charge in [-0.1, -0.05) is 20.8 Å². The van der Waals surface area contributed by atoms with E-state index in [1.165, 1.54) is 6.42 Å². The molecule has 2 aliphatic rings. The van der Waals surface area contributed by atoms with Gasteiger partial charge in [0.2, 0.25) is 0 Å². The molecule has 2 rings (SSSR count). The first-order valence-corrected chi connectivity index (χ1v) is 6.43. The van der Waals surface area contributed by atoms with Gasteiger partial charge in [0.15, 0.2) is 5.78 Å². The second-order valence-corrected chi connectivity index (χ2v) is 7.54. The second-order valence-electron chi connectivity index (χ2n) is 7.54. The first-order valence-electron chi connectivity index (χ1n) is 6.43. The SMILES string of the molecule is CC(C)(C)C(=O)[C@@H]1[C@H]2C[C@H]2CN1C(C)(C)C. The van der Waals surface area contributed by atoms with E-state index < -0.39 is 0 Å². The fourth-order valence-electron chi connectivity index (χ4n) is 2.94. The molecule has 0 aromatic carbocycles. The molecule has 0 spiro atoms. The highest BCUT2D eigenvalue weighted by Gasteiger charge is 2.58. The van der Waals surface area contributed by atoms with Crippen molar-refractivity contribution < 1.29 is 4.79 Å². The standard InChI is InChI=1S/C14H25NO/c1-13(2,3)12(16)11-10-7-9(10)8-15(11)14(4,5)6/h9-11H,7-8H2,1-6H3/t9-,10-,11-/m0/s1. The normalized spacial score (nSPS) is 35.0. The summed E-state index contributed by atoms with van der Waals surface area (Å²) < 4.78 is 0. The van der Waals surface area contributed by atoms with E-state index in [4.69, 9.17) is 0 Å². The smallest absolute Gasteiger partial charge is 0.155 e. The molecular formula is C14H25NO. The van der Waals surface area contributed by atoms with Crippen LogP contribution < -0.4 is 0 Å². The second kappa shape index (κ2) is 3.32. The van der Waals surface area contributed by atoms with E-state index in [2.05, 4.69) is 25.7 Å². The zero-order chi connectivity index (χ0) is 12.3. The Hall–Kier alpha value is -0.370. The van der Waals surface area contributed by atoms with Crippen LogP contribution in [0.25, 0.3) is 0 Å². The van der Waals surface area contributed by atoms with Gasteiger partial charge < -0.3 is 0 Å². The van der Waals surface area contributed by atoms with Crippen LogP contribution in [-0.2, 0) is 4.79 Å². The van der Waals surface area contributed by atoms with Crippen LogP contribution in [0.5, 0.6) is 0 Å². The van der Waals surface area contributed by atoms with E-state index in [9.17, 15) is 4.79 Å². The molecule has 2 fully saturated rings. The number of nitrogens with zero attached hydrogens (tertiary/aromatic N) is 1. The van der Waals surface area contributed by atoms with Gasteiger partial charge in [-0.3, -0.25) is 9.69 Å². The molecule has 0 bridgehead atoms. The van der Waals surface area contributed by atoms with Crippen LogP contribution in [0.4, 0.5) is 0 Å². The Morgan fingerprint density at radius 3 is 2.12 bits per heavy atom. The largest absolute Gasteiger partial charge is 0.297 e. The number of piperidine rings is 1. The van der Waals surface area contributed by atoms with Crippen molar-refractivity contribution in [3.8, 4) is 0 Å². The van der Waals surface area contributed by atoms with Crippen LogP contribution in [0.3, 0.4) is 0 Å². The molecule has 0 N–H and O–H groups in total. The minimum atomic E-state index is -0.203. The van der Waals surface area contributed by atoms with Gasteiger partial charge in [0.1, 0.15) is 0 Å². The maximum Gasteiger partial charge on any atom is 0.155 e. The number of Topliss-reactive ketones (excluding diaryl/α,β-unsaturated/α-hetero) is 1. The maximum atomic E-state index is 12.5. The third-order valence-electron chi connectivity index (χ3n) is 4.02. The van der Waals surface area contributed by atoms with E-state index >= 15 is 0 Å². The van der Waals surface area contributed by atoms with Crippen molar-refractivity contribution in [2.45, 2.75) is 59.5 Å². The molecule has 1 saturated carbocycles. The quantitative estimate of drug-likeness (QED) is 0.681. The highest BCUT2D eigenvalue weighted by molar-refractivity contribution is 5.90. The number of carbonyl (C=O) groups is 1. The summed E-state index contributed by atoms with van der Waals surface area (Å²) in [5.41, 5.74) is -0.0787. The Bertz CT molecular complexity index is 308. The molecule has 1 heterocycles. The van der Waals surface area contributed by atoms with E-state index in [1.54, 1.807) is 0 Å². The fraction of sp³-hybridized carbons (Fsp3) is 0.929. The van der Waals surface area contributed by atoms with Crippen molar-refractivity contribution in [1.82, 2.24) is 4.90 Å². The van der Waals surface area contributed by atoms with E-state index in [0.29, 0.717) is 11.7 Å².